The van der Waals surface area contributed by atoms with Crippen molar-refractivity contribution in [3.8, 4) is 10.6 Å². The van der Waals surface area contributed by atoms with Crippen molar-refractivity contribution in [1.29, 1.82) is 0 Å². The molecule has 3 nitrogen and oxygen atoms in total. The Morgan fingerprint density at radius 3 is 2.69 bits per heavy atom. The van der Waals surface area contributed by atoms with E-state index in [0.29, 0.717) is 22.2 Å². The summed E-state index contributed by atoms with van der Waals surface area (Å²) in [5.41, 5.74) is 0.628. The largest absolute Gasteiger partial charge is 0.416 e. The molecule has 2 aromatic rings. The van der Waals surface area contributed by atoms with Crippen LogP contribution in [0.2, 0.25) is 0 Å². The van der Waals surface area contributed by atoms with Crippen LogP contribution in [0.3, 0.4) is 0 Å². The van der Waals surface area contributed by atoms with Crippen molar-refractivity contribution >= 4 is 17.2 Å². The number of hydrogen-bond donors (Lipinski definition) is 0. The Labute approximate surface area is 154 Å². The number of hydrogen-bond acceptors (Lipinski definition) is 3. The van der Waals surface area contributed by atoms with E-state index in [1.807, 2.05) is 10.3 Å². The van der Waals surface area contributed by atoms with Gasteiger partial charge in [0.05, 0.1) is 17.7 Å². The number of nitrogens with zero attached hydrogens (tertiary/aromatic N) is 2. The first-order valence-corrected chi connectivity index (χ1v) is 9.64. The second kappa shape index (κ2) is 7.78. The minimum atomic E-state index is -4.34. The number of alkyl halides is 3. The Kier molecular flexibility index (Phi) is 5.65. The average molecular weight is 382 g/mol. The van der Waals surface area contributed by atoms with Gasteiger partial charge >= 0.3 is 6.18 Å². The number of piperidine rings is 1. The van der Waals surface area contributed by atoms with Gasteiger partial charge in [-0.3, -0.25) is 4.79 Å². The van der Waals surface area contributed by atoms with Crippen LogP contribution in [0, 0.1) is 5.92 Å². The quantitative estimate of drug-likeness (QED) is 0.744. The molecular weight excluding hydrogens is 361 g/mol. The predicted octanol–water partition coefficient (Wildman–Crippen LogP) is 5.02. The molecule has 7 heteroatoms. The summed E-state index contributed by atoms with van der Waals surface area (Å²) < 4.78 is 37.9. The second-order valence-electron chi connectivity index (χ2n) is 6.65. The first-order chi connectivity index (χ1) is 12.4. The highest BCUT2D eigenvalue weighted by Crippen LogP contribution is 2.32. The minimum absolute atomic E-state index is 0.0763. The summed E-state index contributed by atoms with van der Waals surface area (Å²) in [5, 5.41) is 2.44. The summed E-state index contributed by atoms with van der Waals surface area (Å²) in [6.07, 6.45) is -0.803. The monoisotopic (exact) mass is 382 g/mol. The van der Waals surface area contributed by atoms with Crippen LogP contribution >= 0.6 is 11.3 Å². The molecule has 1 fully saturated rings. The van der Waals surface area contributed by atoms with Gasteiger partial charge in [0.1, 0.15) is 5.01 Å². The van der Waals surface area contributed by atoms with E-state index in [9.17, 15) is 18.0 Å². The second-order valence-corrected chi connectivity index (χ2v) is 7.51. The molecule has 1 aromatic carbocycles. The van der Waals surface area contributed by atoms with Gasteiger partial charge in [-0.2, -0.15) is 13.2 Å². The van der Waals surface area contributed by atoms with E-state index in [0.717, 1.165) is 38.1 Å². The van der Waals surface area contributed by atoms with E-state index in [-0.39, 0.29) is 12.3 Å². The number of aromatic nitrogens is 1. The number of halogens is 3. The lowest BCUT2D eigenvalue weighted by atomic mass is 9.95. The van der Waals surface area contributed by atoms with E-state index in [1.54, 1.807) is 0 Å². The average Bonchev–Trinajstić information content (AvgIpc) is 3.09. The number of rotatable bonds is 4. The summed E-state index contributed by atoms with van der Waals surface area (Å²) >= 11 is 1.35. The number of thiazole rings is 1. The Morgan fingerprint density at radius 1 is 1.31 bits per heavy atom. The van der Waals surface area contributed by atoms with Crippen LogP contribution in [0.1, 0.15) is 37.4 Å². The van der Waals surface area contributed by atoms with Gasteiger partial charge in [0.25, 0.3) is 0 Å². The molecule has 0 radical (unpaired) electrons. The van der Waals surface area contributed by atoms with Gasteiger partial charge in [-0.05, 0) is 30.9 Å². The predicted molar refractivity (Wildman–Crippen MR) is 95.9 cm³/mol. The van der Waals surface area contributed by atoms with Crippen LogP contribution in [-0.2, 0) is 17.4 Å². The molecule has 0 N–H and O–H groups in total. The first kappa shape index (κ1) is 18.9. The highest BCUT2D eigenvalue weighted by Gasteiger charge is 2.30. The van der Waals surface area contributed by atoms with Gasteiger partial charge in [-0.15, -0.1) is 11.3 Å². The third-order valence-corrected chi connectivity index (χ3v) is 5.73. The van der Waals surface area contributed by atoms with Crippen LogP contribution in [0.5, 0.6) is 0 Å². The Hall–Kier alpha value is -1.89. The maximum atomic E-state index is 12.6. The molecule has 3 rings (SSSR count). The van der Waals surface area contributed by atoms with Gasteiger partial charge in [-0.25, -0.2) is 4.98 Å². The van der Waals surface area contributed by atoms with Crippen LogP contribution in [0.25, 0.3) is 10.6 Å². The number of amides is 1. The van der Waals surface area contributed by atoms with Crippen LogP contribution in [0.4, 0.5) is 13.2 Å². The molecule has 1 aromatic heterocycles. The van der Waals surface area contributed by atoms with Crippen molar-refractivity contribution in [2.75, 3.05) is 13.1 Å². The van der Waals surface area contributed by atoms with E-state index >= 15 is 0 Å². The van der Waals surface area contributed by atoms with E-state index in [4.69, 9.17) is 0 Å². The summed E-state index contributed by atoms with van der Waals surface area (Å²) in [5.74, 6) is 0.651. The summed E-state index contributed by atoms with van der Waals surface area (Å²) in [4.78, 5) is 18.8. The van der Waals surface area contributed by atoms with Crippen molar-refractivity contribution in [1.82, 2.24) is 9.88 Å². The lowest BCUT2D eigenvalue weighted by Crippen LogP contribution is -2.40. The molecule has 0 bridgehead atoms. The molecule has 0 spiro atoms. The number of likely N-dealkylation sites (tertiary alicyclic amines) is 1. The number of carbonyl (C=O) groups is 1. The molecule has 0 aliphatic carbocycles. The lowest BCUT2D eigenvalue weighted by molar-refractivity contribution is -0.137. The van der Waals surface area contributed by atoms with Crippen LogP contribution < -0.4 is 0 Å². The standard InChI is InChI=1S/C19H21F3N2OS/c1-2-13-4-3-9-24(11-13)17(25)10-16-12-26-18(23-16)14-5-7-15(8-6-14)19(20,21)22/h5-8,12-13H,2-4,9-11H2,1H3. The summed E-state index contributed by atoms with van der Waals surface area (Å²) in [7, 11) is 0. The molecule has 1 aliphatic rings. The zero-order chi connectivity index (χ0) is 18.7. The molecule has 1 amide bonds. The van der Waals surface area contributed by atoms with Crippen LogP contribution in [0.15, 0.2) is 29.6 Å². The minimum Gasteiger partial charge on any atom is -0.342 e. The summed E-state index contributed by atoms with van der Waals surface area (Å²) in [6, 6.07) is 4.95. The van der Waals surface area contributed by atoms with Crippen molar-refractivity contribution < 1.29 is 18.0 Å². The van der Waals surface area contributed by atoms with Crippen molar-refractivity contribution in [3.63, 3.8) is 0 Å². The van der Waals surface area contributed by atoms with Crippen molar-refractivity contribution in [3.05, 3.63) is 40.9 Å². The molecule has 1 aliphatic heterocycles. The van der Waals surface area contributed by atoms with E-state index < -0.39 is 11.7 Å². The normalized spacial score (nSPS) is 18.2. The van der Waals surface area contributed by atoms with Gasteiger partial charge in [0.2, 0.25) is 5.91 Å². The molecule has 0 saturated carbocycles. The zero-order valence-corrected chi connectivity index (χ0v) is 15.4. The molecular formula is C19H21F3N2OS. The fourth-order valence-corrected chi connectivity index (χ4v) is 4.04. The fraction of sp³-hybridized carbons (Fsp3) is 0.474. The third kappa shape index (κ3) is 4.44. The smallest absolute Gasteiger partial charge is 0.342 e. The first-order valence-electron chi connectivity index (χ1n) is 8.76. The lowest BCUT2D eigenvalue weighted by Gasteiger charge is -2.32. The Bertz CT molecular complexity index is 755. The zero-order valence-electron chi connectivity index (χ0n) is 14.6. The highest BCUT2D eigenvalue weighted by molar-refractivity contribution is 7.13. The van der Waals surface area contributed by atoms with Gasteiger partial charge in [-0.1, -0.05) is 25.5 Å². The van der Waals surface area contributed by atoms with Crippen LogP contribution in [-0.4, -0.2) is 28.9 Å². The van der Waals surface area contributed by atoms with Gasteiger partial charge in [0, 0.05) is 24.0 Å². The maximum Gasteiger partial charge on any atom is 0.416 e. The molecule has 1 unspecified atom stereocenters. The van der Waals surface area contributed by atoms with Gasteiger partial charge in [0.15, 0.2) is 0 Å². The van der Waals surface area contributed by atoms with Crippen molar-refractivity contribution in [2.45, 2.75) is 38.8 Å². The summed E-state index contributed by atoms with van der Waals surface area (Å²) in [6.45, 7) is 3.76. The molecule has 2 heterocycles. The molecule has 1 atom stereocenters. The van der Waals surface area contributed by atoms with E-state index in [1.165, 1.54) is 29.9 Å². The number of carbonyl (C=O) groups excluding carboxylic acids is 1. The molecule has 140 valence electrons. The molecule has 1 saturated heterocycles. The fourth-order valence-electron chi connectivity index (χ4n) is 3.21. The highest BCUT2D eigenvalue weighted by atomic mass is 32.1. The number of benzene rings is 1. The maximum absolute atomic E-state index is 12.6. The SMILES string of the molecule is CCC1CCCN(C(=O)Cc2csc(-c3ccc(C(F)(F)F)cc3)n2)C1. The van der Waals surface area contributed by atoms with Gasteiger partial charge < -0.3 is 4.90 Å². The Balaban J connectivity index is 1.65. The third-order valence-electron chi connectivity index (χ3n) is 4.79. The van der Waals surface area contributed by atoms with E-state index in [2.05, 4.69) is 11.9 Å². The van der Waals surface area contributed by atoms with Crippen molar-refractivity contribution in [2.24, 2.45) is 5.92 Å². The molecule has 26 heavy (non-hydrogen) atoms. The topological polar surface area (TPSA) is 33.2 Å². The Morgan fingerprint density at radius 2 is 2.04 bits per heavy atom.